The zero-order valence-corrected chi connectivity index (χ0v) is 16.1. The Morgan fingerprint density at radius 2 is 2.12 bits per heavy atom. The van der Waals surface area contributed by atoms with E-state index in [1.807, 2.05) is 6.07 Å². The number of nitrogens with one attached hydrogen (secondary N) is 1. The molecule has 1 aromatic carbocycles. The molecule has 1 atom stereocenters. The van der Waals surface area contributed by atoms with Gasteiger partial charge in [0.2, 0.25) is 5.91 Å². The monoisotopic (exact) mass is 416 g/mol. The summed E-state index contributed by atoms with van der Waals surface area (Å²) < 4.78 is 2.11. The molecule has 0 radical (unpaired) electrons. The van der Waals surface area contributed by atoms with Crippen LogP contribution in [0, 0.1) is 5.92 Å². The fraction of sp³-hybridized carbons (Fsp3) is 0.438. The molecule has 0 saturated carbocycles. The van der Waals surface area contributed by atoms with Crippen LogP contribution in [0.3, 0.4) is 0 Å². The molecular formula is C16H22BrClN4O2. The van der Waals surface area contributed by atoms with E-state index in [2.05, 4.69) is 40.1 Å². The lowest BCUT2D eigenvalue weighted by Gasteiger charge is -2.19. The lowest BCUT2D eigenvalue weighted by molar-refractivity contribution is -0.122. The van der Waals surface area contributed by atoms with Crippen LogP contribution in [-0.4, -0.2) is 28.0 Å². The van der Waals surface area contributed by atoms with Gasteiger partial charge in [-0.3, -0.25) is 14.2 Å². The number of hydrogen-bond donors (Lipinski definition) is 2. The van der Waals surface area contributed by atoms with E-state index in [9.17, 15) is 9.59 Å². The standard InChI is InChI=1S/C16H21BrN4O2.ClH/c1-10(2)5-12(7-18)20-15(22)8-21-9-19-14-4-3-11(17)6-13(14)16(21)23;/h3-4,6,9-10,12H,5,7-8,18H2,1-2H3,(H,20,22);1H. The first-order chi connectivity index (χ1) is 10.9. The number of carbonyl (C=O) groups excluding carboxylic acids is 1. The fourth-order valence-corrected chi connectivity index (χ4v) is 2.82. The second kappa shape index (κ2) is 9.15. The Morgan fingerprint density at radius 1 is 1.42 bits per heavy atom. The Bertz CT molecular complexity index is 763. The number of hydrogen-bond acceptors (Lipinski definition) is 4. The topological polar surface area (TPSA) is 90.0 Å². The highest BCUT2D eigenvalue weighted by atomic mass is 79.9. The minimum atomic E-state index is -0.237. The van der Waals surface area contributed by atoms with E-state index in [4.69, 9.17) is 5.73 Å². The summed E-state index contributed by atoms with van der Waals surface area (Å²) in [6.45, 7) is 4.46. The van der Waals surface area contributed by atoms with Gasteiger partial charge in [0.05, 0.1) is 17.2 Å². The quantitative estimate of drug-likeness (QED) is 0.753. The number of aromatic nitrogens is 2. The molecule has 1 aromatic heterocycles. The third-order valence-corrected chi connectivity index (χ3v) is 4.00. The molecule has 3 N–H and O–H groups in total. The summed E-state index contributed by atoms with van der Waals surface area (Å²) in [5.74, 6) is 0.200. The van der Waals surface area contributed by atoms with Gasteiger partial charge in [0.1, 0.15) is 6.54 Å². The van der Waals surface area contributed by atoms with Gasteiger partial charge in [-0.1, -0.05) is 29.8 Å². The van der Waals surface area contributed by atoms with Gasteiger partial charge in [0.25, 0.3) is 5.56 Å². The van der Waals surface area contributed by atoms with Gasteiger partial charge in [-0.05, 0) is 30.5 Å². The third kappa shape index (κ3) is 5.29. The summed E-state index contributed by atoms with van der Waals surface area (Å²) in [6.07, 6.45) is 2.21. The molecule has 0 bridgehead atoms. The smallest absolute Gasteiger partial charge is 0.261 e. The Labute approximate surface area is 155 Å². The van der Waals surface area contributed by atoms with E-state index in [1.165, 1.54) is 10.9 Å². The zero-order chi connectivity index (χ0) is 17.0. The lowest BCUT2D eigenvalue weighted by Crippen LogP contribution is -2.43. The zero-order valence-electron chi connectivity index (χ0n) is 13.7. The molecule has 1 unspecified atom stereocenters. The van der Waals surface area contributed by atoms with Gasteiger partial charge >= 0.3 is 0 Å². The Kier molecular flexibility index (Phi) is 7.86. The van der Waals surface area contributed by atoms with Crippen LogP contribution in [0.1, 0.15) is 20.3 Å². The van der Waals surface area contributed by atoms with Crippen molar-refractivity contribution in [2.45, 2.75) is 32.9 Å². The van der Waals surface area contributed by atoms with Crippen molar-refractivity contribution < 1.29 is 4.79 Å². The number of rotatable bonds is 6. The minimum absolute atomic E-state index is 0. The maximum Gasteiger partial charge on any atom is 0.261 e. The Morgan fingerprint density at radius 3 is 2.75 bits per heavy atom. The summed E-state index contributed by atoms with van der Waals surface area (Å²) in [7, 11) is 0. The SMILES string of the molecule is CC(C)CC(CN)NC(=O)Cn1cnc2ccc(Br)cc2c1=O.Cl. The summed E-state index contributed by atoms with van der Waals surface area (Å²) in [5, 5.41) is 3.35. The van der Waals surface area contributed by atoms with Crippen LogP contribution in [0.5, 0.6) is 0 Å². The maximum absolute atomic E-state index is 12.4. The van der Waals surface area contributed by atoms with Crippen molar-refractivity contribution in [3.8, 4) is 0 Å². The summed E-state index contributed by atoms with van der Waals surface area (Å²) >= 11 is 3.34. The minimum Gasteiger partial charge on any atom is -0.351 e. The average Bonchev–Trinajstić information content (AvgIpc) is 2.49. The number of nitrogens with zero attached hydrogens (tertiary/aromatic N) is 2. The predicted molar refractivity (Wildman–Crippen MR) is 101 cm³/mol. The normalized spacial score (nSPS) is 12.0. The van der Waals surface area contributed by atoms with Crippen LogP contribution in [0.15, 0.2) is 33.8 Å². The Balaban J connectivity index is 0.00000288. The van der Waals surface area contributed by atoms with Crippen molar-refractivity contribution in [3.63, 3.8) is 0 Å². The van der Waals surface area contributed by atoms with Crippen molar-refractivity contribution >= 4 is 45.1 Å². The van der Waals surface area contributed by atoms with E-state index in [0.717, 1.165) is 10.9 Å². The van der Waals surface area contributed by atoms with Crippen molar-refractivity contribution in [2.24, 2.45) is 11.7 Å². The predicted octanol–water partition coefficient (Wildman–Crippen LogP) is 2.07. The summed E-state index contributed by atoms with van der Waals surface area (Å²) in [4.78, 5) is 28.8. The molecule has 0 saturated heterocycles. The molecule has 0 fully saturated rings. The number of benzene rings is 1. The molecule has 6 nitrogen and oxygen atoms in total. The molecule has 0 aliphatic carbocycles. The molecule has 0 aliphatic rings. The number of halogens is 2. The summed E-state index contributed by atoms with van der Waals surface area (Å²) in [6, 6.07) is 5.21. The molecule has 2 rings (SSSR count). The van der Waals surface area contributed by atoms with E-state index in [1.54, 1.807) is 12.1 Å². The van der Waals surface area contributed by atoms with Crippen LogP contribution >= 0.6 is 28.3 Å². The molecule has 8 heteroatoms. The highest BCUT2D eigenvalue weighted by Gasteiger charge is 2.14. The first-order valence-electron chi connectivity index (χ1n) is 7.55. The molecule has 132 valence electrons. The molecule has 0 spiro atoms. The molecule has 1 heterocycles. The number of amides is 1. The van der Waals surface area contributed by atoms with Gasteiger partial charge in [0.15, 0.2) is 0 Å². The molecule has 1 amide bonds. The van der Waals surface area contributed by atoms with Crippen molar-refractivity contribution in [3.05, 3.63) is 39.4 Å². The average molecular weight is 418 g/mol. The number of carbonyl (C=O) groups is 1. The Hall–Kier alpha value is -1.44. The first kappa shape index (κ1) is 20.6. The van der Waals surface area contributed by atoms with E-state index < -0.39 is 0 Å². The van der Waals surface area contributed by atoms with E-state index in [-0.39, 0.29) is 36.5 Å². The number of nitrogens with two attached hydrogens (primary N) is 1. The molecule has 24 heavy (non-hydrogen) atoms. The second-order valence-electron chi connectivity index (χ2n) is 5.97. The van der Waals surface area contributed by atoms with Crippen LogP contribution in [0.4, 0.5) is 0 Å². The van der Waals surface area contributed by atoms with Gasteiger partial charge in [0, 0.05) is 17.1 Å². The van der Waals surface area contributed by atoms with Gasteiger partial charge in [-0.25, -0.2) is 4.98 Å². The molecule has 0 aliphatic heterocycles. The van der Waals surface area contributed by atoms with Crippen molar-refractivity contribution in [1.82, 2.24) is 14.9 Å². The summed E-state index contributed by atoms with van der Waals surface area (Å²) in [5.41, 5.74) is 6.05. The largest absolute Gasteiger partial charge is 0.351 e. The maximum atomic E-state index is 12.4. The van der Waals surface area contributed by atoms with E-state index in [0.29, 0.717) is 23.4 Å². The second-order valence-corrected chi connectivity index (χ2v) is 6.88. The van der Waals surface area contributed by atoms with Crippen LogP contribution in [-0.2, 0) is 11.3 Å². The van der Waals surface area contributed by atoms with Crippen LogP contribution in [0.2, 0.25) is 0 Å². The lowest BCUT2D eigenvalue weighted by atomic mass is 10.0. The van der Waals surface area contributed by atoms with Crippen LogP contribution < -0.4 is 16.6 Å². The highest BCUT2D eigenvalue weighted by Crippen LogP contribution is 2.14. The van der Waals surface area contributed by atoms with Gasteiger partial charge in [-0.15, -0.1) is 12.4 Å². The van der Waals surface area contributed by atoms with E-state index >= 15 is 0 Å². The van der Waals surface area contributed by atoms with Gasteiger partial charge < -0.3 is 11.1 Å². The third-order valence-electron chi connectivity index (χ3n) is 3.51. The number of fused-ring (bicyclic) bond motifs is 1. The van der Waals surface area contributed by atoms with Crippen molar-refractivity contribution in [2.75, 3.05) is 6.54 Å². The molecule has 2 aromatic rings. The molecular weight excluding hydrogens is 396 g/mol. The first-order valence-corrected chi connectivity index (χ1v) is 8.34. The fourth-order valence-electron chi connectivity index (χ4n) is 2.45. The van der Waals surface area contributed by atoms with Gasteiger partial charge in [-0.2, -0.15) is 0 Å². The highest BCUT2D eigenvalue weighted by molar-refractivity contribution is 9.10. The van der Waals surface area contributed by atoms with Crippen molar-refractivity contribution in [1.29, 1.82) is 0 Å². The van der Waals surface area contributed by atoms with Crippen LogP contribution in [0.25, 0.3) is 10.9 Å².